The summed E-state index contributed by atoms with van der Waals surface area (Å²) in [5.74, 6) is 0.139. The molecule has 0 radical (unpaired) electrons. The average Bonchev–Trinajstić information content (AvgIpc) is 2.25. The Morgan fingerprint density at radius 2 is 2.00 bits per heavy atom. The highest BCUT2D eigenvalue weighted by Gasteiger charge is 2.32. The molecule has 1 aromatic rings. The van der Waals surface area contributed by atoms with Gasteiger partial charge < -0.3 is 4.90 Å². The Balaban J connectivity index is 3.25. The van der Waals surface area contributed by atoms with Crippen molar-refractivity contribution in [2.45, 2.75) is 26.4 Å². The highest BCUT2D eigenvalue weighted by Crippen LogP contribution is 2.26. The van der Waals surface area contributed by atoms with Crippen LogP contribution in [0.5, 0.6) is 0 Å². The Bertz CT molecular complexity index is 465. The lowest BCUT2D eigenvalue weighted by Gasteiger charge is -2.25. The van der Waals surface area contributed by atoms with E-state index in [-0.39, 0.29) is 28.9 Å². The fourth-order valence-corrected chi connectivity index (χ4v) is 1.87. The van der Waals surface area contributed by atoms with Crippen LogP contribution >= 0.6 is 11.6 Å². The molecule has 8 heteroatoms. The molecule has 1 heterocycles. The first kappa shape index (κ1) is 15.7. The lowest BCUT2D eigenvalue weighted by atomic mass is 10.3. The second-order valence-corrected chi connectivity index (χ2v) is 4.31. The first-order valence-corrected chi connectivity index (χ1v) is 5.97. The van der Waals surface area contributed by atoms with Gasteiger partial charge in [0, 0.05) is 6.54 Å². The van der Waals surface area contributed by atoms with E-state index >= 15 is 0 Å². The number of hydrogen-bond acceptors (Lipinski definition) is 4. The van der Waals surface area contributed by atoms with E-state index in [0.29, 0.717) is 12.7 Å². The van der Waals surface area contributed by atoms with Crippen LogP contribution in [0.2, 0.25) is 5.15 Å². The van der Waals surface area contributed by atoms with E-state index in [2.05, 4.69) is 9.97 Å². The van der Waals surface area contributed by atoms with Crippen LogP contribution in [0, 0.1) is 6.92 Å². The predicted octanol–water partition coefficient (Wildman–Crippen LogP) is 3.03. The summed E-state index contributed by atoms with van der Waals surface area (Å²) in [6.07, 6.45) is -3.54. The minimum atomic E-state index is -4.39. The zero-order valence-electron chi connectivity index (χ0n) is 10.5. The first-order valence-electron chi connectivity index (χ1n) is 5.59. The number of alkyl halides is 3. The van der Waals surface area contributed by atoms with Gasteiger partial charge >= 0.3 is 6.18 Å². The van der Waals surface area contributed by atoms with Crippen LogP contribution in [0.4, 0.5) is 19.0 Å². The zero-order chi connectivity index (χ0) is 14.6. The van der Waals surface area contributed by atoms with E-state index in [1.807, 2.05) is 0 Å². The molecule has 0 N–H and O–H groups in total. The van der Waals surface area contributed by atoms with Crippen molar-refractivity contribution in [2.75, 3.05) is 18.0 Å². The number of aldehydes is 1. The summed E-state index contributed by atoms with van der Waals surface area (Å²) in [7, 11) is 0. The Morgan fingerprint density at radius 1 is 1.37 bits per heavy atom. The smallest absolute Gasteiger partial charge is 0.347 e. The molecule has 0 aromatic carbocycles. The van der Waals surface area contributed by atoms with Crippen LogP contribution in [-0.2, 0) is 0 Å². The number of aryl methyl sites for hydroxylation is 1. The number of carbonyl (C=O) groups is 1. The lowest BCUT2D eigenvalue weighted by Crippen LogP contribution is -2.36. The van der Waals surface area contributed by atoms with Crippen LogP contribution < -0.4 is 4.90 Å². The van der Waals surface area contributed by atoms with Gasteiger partial charge in [-0.2, -0.15) is 13.2 Å². The van der Waals surface area contributed by atoms with Gasteiger partial charge in [0.25, 0.3) is 0 Å². The van der Waals surface area contributed by atoms with Crippen molar-refractivity contribution in [3.05, 3.63) is 16.5 Å². The minimum absolute atomic E-state index is 0.0772. The molecule has 0 aliphatic rings. The molecule has 0 fully saturated rings. The number of halogens is 4. The van der Waals surface area contributed by atoms with Crippen LogP contribution in [0.25, 0.3) is 0 Å². The number of nitrogens with zero attached hydrogens (tertiary/aromatic N) is 3. The van der Waals surface area contributed by atoms with Gasteiger partial charge in [0.2, 0.25) is 0 Å². The lowest BCUT2D eigenvalue weighted by molar-refractivity contribution is -0.119. The monoisotopic (exact) mass is 295 g/mol. The Kier molecular flexibility index (Phi) is 5.11. The van der Waals surface area contributed by atoms with E-state index in [0.717, 1.165) is 4.90 Å². The number of rotatable bonds is 5. The van der Waals surface area contributed by atoms with E-state index in [1.165, 1.54) is 6.92 Å². The second-order valence-electron chi connectivity index (χ2n) is 3.95. The SMILES string of the molecule is CCCN(CC(F)(F)F)c1nc(C)nc(Cl)c1C=O. The third-order valence-corrected chi connectivity index (χ3v) is 2.56. The van der Waals surface area contributed by atoms with E-state index < -0.39 is 12.7 Å². The van der Waals surface area contributed by atoms with Crippen molar-refractivity contribution in [2.24, 2.45) is 0 Å². The van der Waals surface area contributed by atoms with Gasteiger partial charge in [0.15, 0.2) is 6.29 Å². The number of carbonyl (C=O) groups excluding carboxylic acids is 1. The maximum atomic E-state index is 12.5. The van der Waals surface area contributed by atoms with Crippen molar-refractivity contribution in [3.63, 3.8) is 0 Å². The standard InChI is InChI=1S/C11H13ClF3N3O/c1-3-4-18(6-11(13,14)15)10-8(5-19)9(12)16-7(2)17-10/h5H,3-4,6H2,1-2H3. The number of hydrogen-bond donors (Lipinski definition) is 0. The molecule has 1 aromatic heterocycles. The van der Waals surface area contributed by atoms with E-state index in [4.69, 9.17) is 11.6 Å². The normalized spacial score (nSPS) is 11.5. The van der Waals surface area contributed by atoms with Crippen LogP contribution in [0.15, 0.2) is 0 Å². The zero-order valence-corrected chi connectivity index (χ0v) is 11.2. The summed E-state index contributed by atoms with van der Waals surface area (Å²) in [5, 5.41) is -0.138. The molecular formula is C11H13ClF3N3O. The van der Waals surface area contributed by atoms with Crippen LogP contribution in [0.3, 0.4) is 0 Å². The fraction of sp³-hybridized carbons (Fsp3) is 0.545. The maximum absolute atomic E-state index is 12.5. The van der Waals surface area contributed by atoms with Gasteiger partial charge in [-0.3, -0.25) is 4.79 Å². The molecule has 0 spiro atoms. The Hall–Kier alpha value is -1.37. The van der Waals surface area contributed by atoms with E-state index in [1.54, 1.807) is 6.92 Å². The summed E-state index contributed by atoms with van der Waals surface area (Å²) in [6.45, 7) is 2.17. The van der Waals surface area contributed by atoms with Gasteiger partial charge in [0.1, 0.15) is 23.3 Å². The van der Waals surface area contributed by atoms with Crippen molar-refractivity contribution in [1.82, 2.24) is 9.97 Å². The highest BCUT2D eigenvalue weighted by molar-refractivity contribution is 6.32. The van der Waals surface area contributed by atoms with Crippen molar-refractivity contribution < 1.29 is 18.0 Å². The van der Waals surface area contributed by atoms with Gasteiger partial charge in [0.05, 0.1) is 5.56 Å². The quantitative estimate of drug-likeness (QED) is 0.619. The van der Waals surface area contributed by atoms with Crippen molar-refractivity contribution in [1.29, 1.82) is 0 Å². The van der Waals surface area contributed by atoms with Crippen molar-refractivity contribution in [3.8, 4) is 0 Å². The van der Waals surface area contributed by atoms with Crippen LogP contribution in [-0.4, -0.2) is 35.5 Å². The summed E-state index contributed by atoms with van der Waals surface area (Å²) < 4.78 is 37.6. The molecule has 0 amide bonds. The largest absolute Gasteiger partial charge is 0.405 e. The second kappa shape index (κ2) is 6.18. The Morgan fingerprint density at radius 3 is 2.47 bits per heavy atom. The molecule has 0 atom stereocenters. The number of anilines is 1. The molecule has 0 aliphatic carbocycles. The summed E-state index contributed by atoms with van der Waals surface area (Å²) >= 11 is 5.76. The predicted molar refractivity (Wildman–Crippen MR) is 65.7 cm³/mol. The van der Waals surface area contributed by atoms with Gasteiger partial charge in [-0.1, -0.05) is 18.5 Å². The van der Waals surface area contributed by atoms with Crippen LogP contribution in [0.1, 0.15) is 29.5 Å². The molecule has 0 aliphatic heterocycles. The topological polar surface area (TPSA) is 46.1 Å². The van der Waals surface area contributed by atoms with Gasteiger partial charge in [-0.05, 0) is 13.3 Å². The molecule has 1 rings (SSSR count). The average molecular weight is 296 g/mol. The summed E-state index contributed by atoms with van der Waals surface area (Å²) in [5.41, 5.74) is -0.120. The molecule has 4 nitrogen and oxygen atoms in total. The highest BCUT2D eigenvalue weighted by atomic mass is 35.5. The third-order valence-electron chi connectivity index (χ3n) is 2.27. The summed E-state index contributed by atoms with van der Waals surface area (Å²) in [6, 6.07) is 0. The minimum Gasteiger partial charge on any atom is -0.347 e. The Labute approximate surface area is 113 Å². The van der Waals surface area contributed by atoms with Gasteiger partial charge in [-0.15, -0.1) is 0 Å². The van der Waals surface area contributed by atoms with Crippen molar-refractivity contribution >= 4 is 23.7 Å². The molecule has 106 valence electrons. The first-order chi connectivity index (χ1) is 8.78. The molecule has 19 heavy (non-hydrogen) atoms. The fourth-order valence-electron chi connectivity index (χ4n) is 1.62. The van der Waals surface area contributed by atoms with E-state index in [9.17, 15) is 18.0 Å². The summed E-state index contributed by atoms with van der Waals surface area (Å²) in [4.78, 5) is 19.6. The third kappa shape index (κ3) is 4.34. The molecule has 0 unspecified atom stereocenters. The number of aromatic nitrogens is 2. The molecule has 0 bridgehead atoms. The maximum Gasteiger partial charge on any atom is 0.405 e. The molecule has 0 saturated carbocycles. The molecular weight excluding hydrogens is 283 g/mol. The molecule has 0 saturated heterocycles. The van der Waals surface area contributed by atoms with Gasteiger partial charge in [-0.25, -0.2) is 9.97 Å².